The molecule has 1 aliphatic rings. The first-order valence-electron chi connectivity index (χ1n) is 12.4. The van der Waals surface area contributed by atoms with Crippen molar-refractivity contribution in [2.45, 2.75) is 18.9 Å². The molecule has 0 saturated carbocycles. The predicted octanol–water partition coefficient (Wildman–Crippen LogP) is 3.38. The van der Waals surface area contributed by atoms with E-state index in [0.29, 0.717) is 29.0 Å². The zero-order chi connectivity index (χ0) is 27.4. The van der Waals surface area contributed by atoms with E-state index in [1.165, 1.54) is 31.7 Å². The second kappa shape index (κ2) is 11.2. The highest BCUT2D eigenvalue weighted by molar-refractivity contribution is 6.07. The number of hydrogen-bond donors (Lipinski definition) is 2. The van der Waals surface area contributed by atoms with Crippen molar-refractivity contribution in [1.82, 2.24) is 24.8 Å². The number of allylic oxidation sites excluding steroid dienone is 1. The molecule has 0 amide bonds. The molecule has 0 saturated heterocycles. The van der Waals surface area contributed by atoms with Crippen LogP contribution in [0.5, 0.6) is 11.5 Å². The van der Waals surface area contributed by atoms with Crippen molar-refractivity contribution in [3.63, 3.8) is 0 Å². The monoisotopic (exact) mass is 523 g/mol. The molecular formula is C29H29N7O3. The van der Waals surface area contributed by atoms with E-state index in [1.807, 2.05) is 36.8 Å². The topological polar surface area (TPSA) is 142 Å². The number of ketones is 1. The minimum absolute atomic E-state index is 0.102. The van der Waals surface area contributed by atoms with Crippen LogP contribution in [0.1, 0.15) is 44.2 Å². The molecule has 4 N–H and O–H groups in total. The number of carbonyl (C=O) groups excluding carboxylic acids is 1. The van der Waals surface area contributed by atoms with Gasteiger partial charge in [0.1, 0.15) is 12.1 Å². The van der Waals surface area contributed by atoms with E-state index in [0.717, 1.165) is 24.1 Å². The predicted molar refractivity (Wildman–Crippen MR) is 147 cm³/mol. The van der Waals surface area contributed by atoms with Gasteiger partial charge in [-0.1, -0.05) is 24.3 Å². The van der Waals surface area contributed by atoms with Gasteiger partial charge in [-0.3, -0.25) is 4.79 Å². The van der Waals surface area contributed by atoms with Gasteiger partial charge >= 0.3 is 0 Å². The molecule has 1 unspecified atom stereocenters. The van der Waals surface area contributed by atoms with Crippen molar-refractivity contribution in [2.24, 2.45) is 0 Å². The summed E-state index contributed by atoms with van der Waals surface area (Å²) in [5.74, 6) is 0.953. The van der Waals surface area contributed by atoms with Gasteiger partial charge in [0.05, 0.1) is 25.8 Å². The summed E-state index contributed by atoms with van der Waals surface area (Å²) < 4.78 is 11.1. The molecule has 10 heteroatoms. The number of anilines is 2. The summed E-state index contributed by atoms with van der Waals surface area (Å²) in [6.07, 6.45) is 11.4. The van der Waals surface area contributed by atoms with E-state index >= 15 is 0 Å². The van der Waals surface area contributed by atoms with Crippen LogP contribution < -0.4 is 20.9 Å². The fourth-order valence-corrected chi connectivity index (χ4v) is 4.92. The lowest BCUT2D eigenvalue weighted by molar-refractivity contribution is 0.104. The third-order valence-electron chi connectivity index (χ3n) is 6.75. The van der Waals surface area contributed by atoms with Crippen molar-refractivity contribution in [2.75, 3.05) is 32.2 Å². The Morgan fingerprint density at radius 1 is 1.10 bits per heavy atom. The minimum atomic E-state index is -0.226. The van der Waals surface area contributed by atoms with Crippen LogP contribution in [0.25, 0.3) is 0 Å². The maximum atomic E-state index is 13.6. The molecule has 0 aliphatic carbocycles. The van der Waals surface area contributed by atoms with Gasteiger partial charge in [-0.25, -0.2) is 15.0 Å². The highest BCUT2D eigenvalue weighted by atomic mass is 16.5. The molecule has 1 atom stereocenters. The van der Waals surface area contributed by atoms with Crippen LogP contribution in [0.15, 0.2) is 73.6 Å². The van der Waals surface area contributed by atoms with Crippen LogP contribution in [0.2, 0.25) is 0 Å². The Morgan fingerprint density at radius 3 is 2.64 bits per heavy atom. The summed E-state index contributed by atoms with van der Waals surface area (Å²) >= 11 is 0. The number of nitrogens with zero attached hydrogens (tertiary/aromatic N) is 5. The van der Waals surface area contributed by atoms with Crippen LogP contribution in [0, 0.1) is 0 Å². The van der Waals surface area contributed by atoms with Crippen molar-refractivity contribution < 1.29 is 14.3 Å². The number of fused-ring (bicyclic) bond motifs is 1. The third-order valence-corrected chi connectivity index (χ3v) is 6.75. The molecular weight excluding hydrogens is 494 g/mol. The molecule has 198 valence electrons. The molecule has 10 nitrogen and oxygen atoms in total. The summed E-state index contributed by atoms with van der Waals surface area (Å²) in [4.78, 5) is 32.3. The van der Waals surface area contributed by atoms with E-state index in [4.69, 9.17) is 20.9 Å². The van der Waals surface area contributed by atoms with E-state index in [-0.39, 0.29) is 23.6 Å². The Labute approximate surface area is 226 Å². The molecule has 1 aliphatic heterocycles. The van der Waals surface area contributed by atoms with Crippen molar-refractivity contribution in [3.05, 3.63) is 107 Å². The molecule has 0 bridgehead atoms. The number of aromatic nitrogens is 4. The molecule has 0 fully saturated rings. The average Bonchev–Trinajstić information content (AvgIpc) is 2.96. The average molecular weight is 524 g/mol. The molecule has 2 aromatic carbocycles. The summed E-state index contributed by atoms with van der Waals surface area (Å²) in [6.45, 7) is 0.733. The van der Waals surface area contributed by atoms with E-state index in [1.54, 1.807) is 18.3 Å². The molecule has 0 spiro atoms. The summed E-state index contributed by atoms with van der Waals surface area (Å²) in [5, 5.41) is 0. The van der Waals surface area contributed by atoms with Crippen LogP contribution in [0.3, 0.4) is 0 Å². The Hall–Kier alpha value is -4.99. The van der Waals surface area contributed by atoms with Gasteiger partial charge in [0.2, 0.25) is 5.95 Å². The van der Waals surface area contributed by atoms with Crippen molar-refractivity contribution in [1.29, 1.82) is 0 Å². The SMILES string of the molecule is COc1cc(Cc2cnc(N)nc2N)cc(C(=O)C=CN2CCc3ccccc3C2c2cncnc2)c1OC. The standard InChI is InChI=1S/C29H29N7O3/c1-38-25-13-18(11-20-16-34-29(31)35-28(20)30)12-23(27(25)39-2)24(37)8-10-36-9-7-19-5-3-4-6-22(19)26(36)21-14-32-17-33-15-21/h3-6,8,10,12-17,26H,7,9,11H2,1-2H3,(H4,30,31,34,35). The van der Waals surface area contributed by atoms with Crippen LogP contribution in [-0.4, -0.2) is 51.4 Å². The van der Waals surface area contributed by atoms with E-state index in [2.05, 4.69) is 37.0 Å². The fourth-order valence-electron chi connectivity index (χ4n) is 4.92. The maximum absolute atomic E-state index is 13.6. The fraction of sp³-hybridized carbons (Fsp3) is 0.207. The normalized spacial score (nSPS) is 14.7. The second-order valence-corrected chi connectivity index (χ2v) is 9.14. The molecule has 3 heterocycles. The number of ether oxygens (including phenoxy) is 2. The van der Waals surface area contributed by atoms with Crippen LogP contribution >= 0.6 is 0 Å². The van der Waals surface area contributed by atoms with Crippen LogP contribution in [0.4, 0.5) is 11.8 Å². The van der Waals surface area contributed by atoms with Gasteiger partial charge < -0.3 is 25.8 Å². The quantitative estimate of drug-likeness (QED) is 0.261. The van der Waals surface area contributed by atoms with Crippen molar-refractivity contribution >= 4 is 17.5 Å². The first-order chi connectivity index (χ1) is 19.0. The zero-order valence-electron chi connectivity index (χ0n) is 21.7. The lowest BCUT2D eigenvalue weighted by atomic mass is 9.89. The number of benzene rings is 2. The molecule has 0 radical (unpaired) electrons. The summed E-state index contributed by atoms with van der Waals surface area (Å²) in [7, 11) is 3.04. The number of methoxy groups -OCH3 is 2. The highest BCUT2D eigenvalue weighted by Crippen LogP contribution is 2.36. The number of hydrogen-bond acceptors (Lipinski definition) is 10. The molecule has 39 heavy (non-hydrogen) atoms. The second-order valence-electron chi connectivity index (χ2n) is 9.14. The first-order valence-corrected chi connectivity index (χ1v) is 12.4. The van der Waals surface area contributed by atoms with Gasteiger partial charge in [0.15, 0.2) is 17.3 Å². The summed E-state index contributed by atoms with van der Waals surface area (Å²) in [6, 6.07) is 11.8. The molecule has 5 rings (SSSR count). The van der Waals surface area contributed by atoms with Crippen molar-refractivity contribution in [3.8, 4) is 11.5 Å². The van der Waals surface area contributed by atoms with Gasteiger partial charge in [-0.15, -0.1) is 0 Å². The van der Waals surface area contributed by atoms with E-state index in [9.17, 15) is 4.79 Å². The number of nitrogens with two attached hydrogens (primary N) is 2. The van der Waals surface area contributed by atoms with Gasteiger partial charge in [0.25, 0.3) is 0 Å². The Bertz CT molecular complexity index is 1530. The third kappa shape index (κ3) is 5.35. The highest BCUT2D eigenvalue weighted by Gasteiger charge is 2.27. The Balaban J connectivity index is 1.48. The Morgan fingerprint density at radius 2 is 1.90 bits per heavy atom. The van der Waals surface area contributed by atoms with Gasteiger partial charge in [-0.2, -0.15) is 4.98 Å². The number of carbonyl (C=O) groups is 1. The first kappa shape index (κ1) is 25.7. The largest absolute Gasteiger partial charge is 0.493 e. The smallest absolute Gasteiger partial charge is 0.221 e. The minimum Gasteiger partial charge on any atom is -0.493 e. The maximum Gasteiger partial charge on any atom is 0.221 e. The summed E-state index contributed by atoms with van der Waals surface area (Å²) in [5.41, 5.74) is 16.9. The molecule has 4 aromatic rings. The van der Waals surface area contributed by atoms with Crippen LogP contribution in [-0.2, 0) is 12.8 Å². The number of rotatable bonds is 8. The van der Waals surface area contributed by atoms with Gasteiger partial charge in [-0.05, 0) is 35.2 Å². The number of nitrogen functional groups attached to an aromatic ring is 2. The van der Waals surface area contributed by atoms with E-state index < -0.39 is 0 Å². The lowest BCUT2D eigenvalue weighted by Gasteiger charge is -2.36. The Kier molecular flexibility index (Phi) is 7.35. The van der Waals surface area contributed by atoms with Gasteiger partial charge in [0, 0.05) is 55.0 Å². The zero-order valence-corrected chi connectivity index (χ0v) is 21.7. The molecule has 2 aromatic heterocycles. The lowest BCUT2D eigenvalue weighted by Crippen LogP contribution is -2.32.